The Labute approximate surface area is 145 Å². The minimum Gasteiger partial charge on any atom is -0.459 e. The molecular weight excluding hydrogens is 316 g/mol. The van der Waals surface area contributed by atoms with Crippen LogP contribution in [0.5, 0.6) is 0 Å². The number of hydrogen-bond donors (Lipinski definition) is 2. The van der Waals surface area contributed by atoms with E-state index in [1.165, 1.54) is 6.26 Å². The number of furan rings is 1. The van der Waals surface area contributed by atoms with E-state index < -0.39 is 11.9 Å². The minimum atomic E-state index is -0.722. The quantitative estimate of drug-likeness (QED) is 0.727. The molecule has 2 aromatic carbocycles. The second kappa shape index (κ2) is 7.97. The molecule has 2 N–H and O–H groups in total. The van der Waals surface area contributed by atoms with E-state index in [2.05, 4.69) is 10.6 Å². The summed E-state index contributed by atoms with van der Waals surface area (Å²) in [5, 5.41) is 5.57. The summed E-state index contributed by atoms with van der Waals surface area (Å²) in [7, 11) is 0. The lowest BCUT2D eigenvalue weighted by Gasteiger charge is -2.18. The van der Waals surface area contributed by atoms with Crippen molar-refractivity contribution in [2.75, 3.05) is 5.32 Å². The van der Waals surface area contributed by atoms with E-state index in [1.807, 2.05) is 48.5 Å². The number of benzene rings is 2. The average Bonchev–Trinajstić information content (AvgIpc) is 3.18. The standard InChI is InChI=1S/C20H18N2O3/c23-19(21-16-10-5-2-6-11-16)17(14-15-8-3-1-4-9-15)22-20(24)18-12-7-13-25-18/h1-13,17H,14H2,(H,21,23)(H,22,24). The molecule has 0 aliphatic carbocycles. The van der Waals surface area contributed by atoms with E-state index in [9.17, 15) is 9.59 Å². The van der Waals surface area contributed by atoms with Crippen LogP contribution >= 0.6 is 0 Å². The molecule has 25 heavy (non-hydrogen) atoms. The zero-order valence-electron chi connectivity index (χ0n) is 13.5. The molecule has 0 aliphatic rings. The van der Waals surface area contributed by atoms with Gasteiger partial charge in [-0.3, -0.25) is 9.59 Å². The molecule has 1 aromatic heterocycles. The lowest BCUT2D eigenvalue weighted by Crippen LogP contribution is -2.45. The van der Waals surface area contributed by atoms with Gasteiger partial charge in [-0.2, -0.15) is 0 Å². The summed E-state index contributed by atoms with van der Waals surface area (Å²) < 4.78 is 5.10. The van der Waals surface area contributed by atoms with Crippen LogP contribution in [-0.2, 0) is 11.2 Å². The third-order valence-corrected chi connectivity index (χ3v) is 3.69. The summed E-state index contributed by atoms with van der Waals surface area (Å²) in [6, 6.07) is 21.1. The maximum Gasteiger partial charge on any atom is 0.287 e. The molecular formula is C20H18N2O3. The second-order valence-electron chi connectivity index (χ2n) is 5.55. The van der Waals surface area contributed by atoms with Crippen molar-refractivity contribution in [3.05, 3.63) is 90.4 Å². The summed E-state index contributed by atoms with van der Waals surface area (Å²) in [6.45, 7) is 0. The minimum absolute atomic E-state index is 0.172. The fraction of sp³-hybridized carbons (Fsp3) is 0.100. The maximum atomic E-state index is 12.7. The Morgan fingerprint density at radius 1 is 0.880 bits per heavy atom. The molecule has 0 bridgehead atoms. The molecule has 1 heterocycles. The number of anilines is 1. The van der Waals surface area contributed by atoms with Gasteiger partial charge in [-0.05, 0) is 29.8 Å². The zero-order chi connectivity index (χ0) is 17.5. The van der Waals surface area contributed by atoms with E-state index >= 15 is 0 Å². The topological polar surface area (TPSA) is 71.3 Å². The first-order valence-corrected chi connectivity index (χ1v) is 7.96. The largest absolute Gasteiger partial charge is 0.459 e. The Kier molecular flexibility index (Phi) is 5.26. The predicted molar refractivity (Wildman–Crippen MR) is 95.2 cm³/mol. The lowest BCUT2D eigenvalue weighted by atomic mass is 10.0. The molecule has 0 radical (unpaired) electrons. The van der Waals surface area contributed by atoms with Crippen molar-refractivity contribution in [3.63, 3.8) is 0 Å². The van der Waals surface area contributed by atoms with Crippen molar-refractivity contribution in [2.24, 2.45) is 0 Å². The summed E-state index contributed by atoms with van der Waals surface area (Å²) in [5.74, 6) is -0.533. The highest BCUT2D eigenvalue weighted by Crippen LogP contribution is 2.10. The van der Waals surface area contributed by atoms with Gasteiger partial charge in [0.05, 0.1) is 6.26 Å². The molecule has 1 atom stereocenters. The maximum absolute atomic E-state index is 12.7. The average molecular weight is 334 g/mol. The molecule has 5 heteroatoms. The number of amides is 2. The molecule has 0 fully saturated rings. The molecule has 3 rings (SSSR count). The molecule has 126 valence electrons. The zero-order valence-corrected chi connectivity index (χ0v) is 13.5. The van der Waals surface area contributed by atoms with Crippen LogP contribution in [-0.4, -0.2) is 17.9 Å². The molecule has 0 saturated heterocycles. The number of carbonyl (C=O) groups is 2. The van der Waals surface area contributed by atoms with Crippen LogP contribution in [0.1, 0.15) is 16.1 Å². The third kappa shape index (κ3) is 4.57. The van der Waals surface area contributed by atoms with Gasteiger partial charge in [0.2, 0.25) is 5.91 Å². The van der Waals surface area contributed by atoms with Crippen molar-refractivity contribution in [1.29, 1.82) is 0 Å². The Balaban J connectivity index is 1.75. The van der Waals surface area contributed by atoms with Gasteiger partial charge in [0.15, 0.2) is 5.76 Å². The summed E-state index contributed by atoms with van der Waals surface area (Å²) >= 11 is 0. The number of nitrogens with one attached hydrogen (secondary N) is 2. The molecule has 5 nitrogen and oxygen atoms in total. The Morgan fingerprint density at radius 2 is 1.56 bits per heavy atom. The number of carbonyl (C=O) groups excluding carboxylic acids is 2. The smallest absolute Gasteiger partial charge is 0.287 e. The van der Waals surface area contributed by atoms with Gasteiger partial charge < -0.3 is 15.1 Å². The van der Waals surface area contributed by atoms with Crippen LogP contribution in [0.2, 0.25) is 0 Å². The highest BCUT2D eigenvalue weighted by molar-refractivity contribution is 6.00. The van der Waals surface area contributed by atoms with Crippen molar-refractivity contribution in [1.82, 2.24) is 5.32 Å². The predicted octanol–water partition coefficient (Wildman–Crippen LogP) is 3.26. The Bertz CT molecular complexity index is 815. The highest BCUT2D eigenvalue weighted by Gasteiger charge is 2.23. The van der Waals surface area contributed by atoms with E-state index in [0.29, 0.717) is 12.1 Å². The summed E-state index contributed by atoms with van der Waals surface area (Å²) in [5.41, 5.74) is 1.63. The third-order valence-electron chi connectivity index (χ3n) is 3.69. The SMILES string of the molecule is O=C(NC(Cc1ccccc1)C(=O)Nc1ccccc1)c1ccco1. The number of hydrogen-bond acceptors (Lipinski definition) is 3. The molecule has 0 saturated carbocycles. The van der Waals surface area contributed by atoms with Gasteiger partial charge >= 0.3 is 0 Å². The van der Waals surface area contributed by atoms with Crippen molar-refractivity contribution >= 4 is 17.5 Å². The van der Waals surface area contributed by atoms with Gasteiger partial charge in [0, 0.05) is 12.1 Å². The number of rotatable bonds is 6. The van der Waals surface area contributed by atoms with Crippen LogP contribution in [0.3, 0.4) is 0 Å². The van der Waals surface area contributed by atoms with Crippen LogP contribution in [0.25, 0.3) is 0 Å². The molecule has 0 aliphatic heterocycles. The molecule has 2 amide bonds. The lowest BCUT2D eigenvalue weighted by molar-refractivity contribution is -0.118. The van der Waals surface area contributed by atoms with E-state index in [-0.39, 0.29) is 11.7 Å². The van der Waals surface area contributed by atoms with Crippen molar-refractivity contribution < 1.29 is 14.0 Å². The van der Waals surface area contributed by atoms with Crippen LogP contribution < -0.4 is 10.6 Å². The first-order valence-electron chi connectivity index (χ1n) is 7.96. The van der Waals surface area contributed by atoms with E-state index in [0.717, 1.165) is 5.56 Å². The van der Waals surface area contributed by atoms with Crippen LogP contribution in [0, 0.1) is 0 Å². The van der Waals surface area contributed by atoms with Crippen LogP contribution in [0.15, 0.2) is 83.5 Å². The molecule has 1 unspecified atom stereocenters. The fourth-order valence-corrected chi connectivity index (χ4v) is 2.45. The summed E-state index contributed by atoms with van der Waals surface area (Å²) in [6.07, 6.45) is 1.80. The first-order chi connectivity index (χ1) is 12.2. The Morgan fingerprint density at radius 3 is 2.20 bits per heavy atom. The van der Waals surface area contributed by atoms with Gasteiger partial charge in [-0.15, -0.1) is 0 Å². The van der Waals surface area contributed by atoms with Crippen molar-refractivity contribution in [3.8, 4) is 0 Å². The van der Waals surface area contributed by atoms with Gasteiger partial charge in [-0.25, -0.2) is 0 Å². The molecule has 3 aromatic rings. The van der Waals surface area contributed by atoms with Gasteiger partial charge in [0.25, 0.3) is 5.91 Å². The van der Waals surface area contributed by atoms with Crippen LogP contribution in [0.4, 0.5) is 5.69 Å². The normalized spacial score (nSPS) is 11.5. The first kappa shape index (κ1) is 16.5. The number of para-hydroxylation sites is 1. The van der Waals surface area contributed by atoms with Crippen molar-refractivity contribution in [2.45, 2.75) is 12.5 Å². The van der Waals surface area contributed by atoms with Gasteiger partial charge in [-0.1, -0.05) is 48.5 Å². The monoisotopic (exact) mass is 334 g/mol. The summed E-state index contributed by atoms with van der Waals surface area (Å²) in [4.78, 5) is 24.9. The highest BCUT2D eigenvalue weighted by atomic mass is 16.3. The van der Waals surface area contributed by atoms with E-state index in [4.69, 9.17) is 4.42 Å². The second-order valence-corrected chi connectivity index (χ2v) is 5.55. The van der Waals surface area contributed by atoms with Gasteiger partial charge in [0.1, 0.15) is 6.04 Å². The van der Waals surface area contributed by atoms with E-state index in [1.54, 1.807) is 24.3 Å². The fourth-order valence-electron chi connectivity index (χ4n) is 2.45. The molecule has 0 spiro atoms. The Hall–Kier alpha value is -3.34.